The third-order valence-electron chi connectivity index (χ3n) is 2.58. The molecule has 2 heteroatoms. The molecule has 86 valence electrons. The molecule has 0 N–H and O–H groups in total. The molecule has 0 aliphatic rings. The summed E-state index contributed by atoms with van der Waals surface area (Å²) >= 11 is 0. The Hall–Kier alpha value is -2.09. The van der Waals surface area contributed by atoms with Gasteiger partial charge in [-0.15, -0.1) is 0 Å². The third kappa shape index (κ3) is 3.18. The lowest BCUT2D eigenvalue weighted by atomic mass is 10.2. The highest BCUT2D eigenvalue weighted by Crippen LogP contribution is 2.04. The average Bonchev–Trinajstić information content (AvgIpc) is 2.79. The summed E-state index contributed by atoms with van der Waals surface area (Å²) in [6, 6.07) is 12.0. The van der Waals surface area contributed by atoms with E-state index in [1.54, 1.807) is 6.92 Å². The zero-order valence-corrected chi connectivity index (χ0v) is 9.84. The molecular formula is C15H15NO. The number of carbonyl (C=O) groups is 1. The molecule has 0 spiro atoms. The second-order valence-corrected chi connectivity index (χ2v) is 3.97. The Morgan fingerprint density at radius 3 is 2.65 bits per heavy atom. The smallest absolute Gasteiger partial charge is 0.161 e. The van der Waals surface area contributed by atoms with Gasteiger partial charge in [0, 0.05) is 24.5 Å². The van der Waals surface area contributed by atoms with Crippen molar-refractivity contribution in [2.75, 3.05) is 0 Å². The molecule has 0 amide bonds. The van der Waals surface area contributed by atoms with E-state index in [4.69, 9.17) is 0 Å². The molecule has 0 saturated heterocycles. The van der Waals surface area contributed by atoms with Gasteiger partial charge < -0.3 is 4.57 Å². The highest BCUT2D eigenvalue weighted by Gasteiger charge is 1.99. The van der Waals surface area contributed by atoms with E-state index in [1.165, 1.54) is 5.56 Å². The first kappa shape index (κ1) is 11.4. The zero-order chi connectivity index (χ0) is 12.1. The number of Topliss-reactive ketones (excluding diaryl/α,β-unsaturated/α-hetero) is 1. The van der Waals surface area contributed by atoms with Gasteiger partial charge in [-0.1, -0.05) is 42.5 Å². The van der Waals surface area contributed by atoms with Crippen molar-refractivity contribution in [3.05, 3.63) is 66.0 Å². The maximum absolute atomic E-state index is 11.1. The maximum atomic E-state index is 11.1. The van der Waals surface area contributed by atoms with Crippen LogP contribution in [-0.4, -0.2) is 10.4 Å². The van der Waals surface area contributed by atoms with E-state index >= 15 is 0 Å². The van der Waals surface area contributed by atoms with E-state index in [0.29, 0.717) is 0 Å². The van der Waals surface area contributed by atoms with Gasteiger partial charge in [0.05, 0.1) is 0 Å². The normalized spacial score (nSPS) is 10.9. The van der Waals surface area contributed by atoms with Crippen molar-refractivity contribution in [2.45, 2.75) is 13.5 Å². The van der Waals surface area contributed by atoms with Crippen LogP contribution in [0.2, 0.25) is 0 Å². The van der Waals surface area contributed by atoms with Crippen molar-refractivity contribution in [1.29, 1.82) is 0 Å². The lowest BCUT2D eigenvalue weighted by Gasteiger charge is -1.96. The molecule has 0 unspecified atom stereocenters. The molecule has 1 heterocycles. The predicted molar refractivity (Wildman–Crippen MR) is 69.9 cm³/mol. The van der Waals surface area contributed by atoms with Gasteiger partial charge in [0.2, 0.25) is 0 Å². The van der Waals surface area contributed by atoms with Crippen LogP contribution in [0, 0.1) is 0 Å². The van der Waals surface area contributed by atoms with E-state index in [9.17, 15) is 4.79 Å². The summed E-state index contributed by atoms with van der Waals surface area (Å²) in [5, 5.41) is 0. The van der Waals surface area contributed by atoms with Crippen LogP contribution >= 0.6 is 0 Å². The van der Waals surface area contributed by atoms with Crippen LogP contribution < -0.4 is 0 Å². The number of ketones is 1. The molecule has 0 radical (unpaired) electrons. The number of hydrogen-bond donors (Lipinski definition) is 0. The molecule has 0 atom stereocenters. The van der Waals surface area contributed by atoms with Crippen LogP contribution in [0.5, 0.6) is 0 Å². The van der Waals surface area contributed by atoms with Crippen LogP contribution in [0.1, 0.15) is 22.8 Å². The number of allylic oxidation sites excluding steroid dienone is 1. The Balaban J connectivity index is 1.98. The lowest BCUT2D eigenvalue weighted by Crippen LogP contribution is -1.92. The fraction of sp³-hybridized carbons (Fsp3) is 0.133. The standard InChI is InChI=1S/C15H15NO/c1-13(17)15-9-11-16(12-15)10-5-8-14-6-3-2-4-7-14/h2-9,11-12H,10H2,1H3. The molecule has 0 aliphatic carbocycles. The van der Waals surface area contributed by atoms with Gasteiger partial charge in [-0.3, -0.25) is 4.79 Å². The first-order valence-electron chi connectivity index (χ1n) is 5.64. The summed E-state index contributed by atoms with van der Waals surface area (Å²) in [7, 11) is 0. The van der Waals surface area contributed by atoms with E-state index < -0.39 is 0 Å². The maximum Gasteiger partial charge on any atom is 0.161 e. The molecule has 2 aromatic rings. The number of carbonyl (C=O) groups excluding carboxylic acids is 1. The minimum absolute atomic E-state index is 0.107. The van der Waals surface area contributed by atoms with Gasteiger partial charge in [0.15, 0.2) is 5.78 Å². The highest BCUT2D eigenvalue weighted by molar-refractivity contribution is 5.93. The monoisotopic (exact) mass is 225 g/mol. The van der Waals surface area contributed by atoms with Gasteiger partial charge in [-0.2, -0.15) is 0 Å². The highest BCUT2D eigenvalue weighted by atomic mass is 16.1. The summed E-state index contributed by atoms with van der Waals surface area (Å²) in [5.41, 5.74) is 1.95. The summed E-state index contributed by atoms with van der Waals surface area (Å²) in [4.78, 5) is 11.1. The molecule has 1 aromatic carbocycles. The molecule has 0 saturated carbocycles. The number of benzene rings is 1. The van der Waals surface area contributed by atoms with Crippen molar-refractivity contribution < 1.29 is 4.79 Å². The molecule has 0 fully saturated rings. The van der Waals surface area contributed by atoms with Crippen molar-refractivity contribution in [1.82, 2.24) is 4.57 Å². The summed E-state index contributed by atoms with van der Waals surface area (Å²) in [6.07, 6.45) is 7.95. The first-order valence-corrected chi connectivity index (χ1v) is 5.64. The van der Waals surface area contributed by atoms with Crippen LogP contribution in [0.15, 0.2) is 54.9 Å². The zero-order valence-electron chi connectivity index (χ0n) is 9.84. The van der Waals surface area contributed by atoms with E-state index in [1.807, 2.05) is 41.2 Å². The lowest BCUT2D eigenvalue weighted by molar-refractivity contribution is 0.101. The van der Waals surface area contributed by atoms with Gasteiger partial charge >= 0.3 is 0 Å². The fourth-order valence-electron chi connectivity index (χ4n) is 1.64. The Bertz CT molecular complexity index is 523. The van der Waals surface area contributed by atoms with Crippen LogP contribution in [0.4, 0.5) is 0 Å². The fourth-order valence-corrected chi connectivity index (χ4v) is 1.64. The second-order valence-electron chi connectivity index (χ2n) is 3.97. The molecule has 1 aromatic heterocycles. The minimum atomic E-state index is 0.107. The van der Waals surface area contributed by atoms with Gasteiger partial charge in [0.1, 0.15) is 0 Å². The van der Waals surface area contributed by atoms with Crippen molar-refractivity contribution >= 4 is 11.9 Å². The van der Waals surface area contributed by atoms with Crippen LogP contribution in [-0.2, 0) is 6.54 Å². The van der Waals surface area contributed by atoms with E-state index in [0.717, 1.165) is 12.1 Å². The molecule has 2 nitrogen and oxygen atoms in total. The van der Waals surface area contributed by atoms with Crippen molar-refractivity contribution in [3.63, 3.8) is 0 Å². The number of aromatic nitrogens is 1. The van der Waals surface area contributed by atoms with Gasteiger partial charge in [-0.25, -0.2) is 0 Å². The van der Waals surface area contributed by atoms with Crippen LogP contribution in [0.3, 0.4) is 0 Å². The van der Waals surface area contributed by atoms with Gasteiger partial charge in [-0.05, 0) is 18.6 Å². The molecule has 0 bridgehead atoms. The molecule has 2 rings (SSSR count). The quantitative estimate of drug-likeness (QED) is 0.731. The first-order chi connectivity index (χ1) is 8.25. The number of rotatable bonds is 4. The Kier molecular flexibility index (Phi) is 3.55. The summed E-state index contributed by atoms with van der Waals surface area (Å²) in [6.45, 7) is 2.36. The van der Waals surface area contributed by atoms with E-state index in [-0.39, 0.29) is 5.78 Å². The average molecular weight is 225 g/mol. The van der Waals surface area contributed by atoms with Crippen LogP contribution in [0.25, 0.3) is 6.08 Å². The molecular weight excluding hydrogens is 210 g/mol. The van der Waals surface area contributed by atoms with Gasteiger partial charge in [0.25, 0.3) is 0 Å². The minimum Gasteiger partial charge on any atom is -0.350 e. The number of nitrogens with zero attached hydrogens (tertiary/aromatic N) is 1. The SMILES string of the molecule is CC(=O)c1ccn(CC=Cc2ccccc2)c1. The van der Waals surface area contributed by atoms with Crippen molar-refractivity contribution in [2.24, 2.45) is 0 Å². The molecule has 0 aliphatic heterocycles. The largest absolute Gasteiger partial charge is 0.350 e. The third-order valence-corrected chi connectivity index (χ3v) is 2.58. The van der Waals surface area contributed by atoms with Crippen molar-refractivity contribution in [3.8, 4) is 0 Å². The number of hydrogen-bond acceptors (Lipinski definition) is 1. The second kappa shape index (κ2) is 5.30. The Morgan fingerprint density at radius 1 is 1.24 bits per heavy atom. The van der Waals surface area contributed by atoms with E-state index in [2.05, 4.69) is 24.3 Å². The Morgan fingerprint density at radius 2 is 2.00 bits per heavy atom. The Labute approximate surface area is 101 Å². The summed E-state index contributed by atoms with van der Waals surface area (Å²) < 4.78 is 2.00. The topological polar surface area (TPSA) is 22.0 Å². The predicted octanol–water partition coefficient (Wildman–Crippen LogP) is 3.40. The summed E-state index contributed by atoms with van der Waals surface area (Å²) in [5.74, 6) is 0.107. The molecule has 17 heavy (non-hydrogen) atoms.